The van der Waals surface area contributed by atoms with Crippen molar-refractivity contribution in [3.63, 3.8) is 0 Å². The maximum absolute atomic E-state index is 12.3. The van der Waals surface area contributed by atoms with Crippen LogP contribution in [0.5, 0.6) is 0 Å². The van der Waals surface area contributed by atoms with Crippen molar-refractivity contribution in [3.8, 4) is 0 Å². The molecule has 2 saturated heterocycles. The highest BCUT2D eigenvalue weighted by Gasteiger charge is 2.54. The average molecular weight is 648 g/mol. The van der Waals surface area contributed by atoms with E-state index in [9.17, 15) is 33.6 Å². The van der Waals surface area contributed by atoms with Crippen LogP contribution in [-0.2, 0) is 76.2 Å². The van der Waals surface area contributed by atoms with Crippen LogP contribution in [0.1, 0.15) is 61.3 Å². The Morgan fingerprint density at radius 3 is 1.44 bits per heavy atom. The lowest BCUT2D eigenvalue weighted by Crippen LogP contribution is -2.66. The average Bonchev–Trinajstić information content (AvgIpc) is 2.90. The van der Waals surface area contributed by atoms with Crippen molar-refractivity contribution in [2.75, 3.05) is 13.7 Å². The second-order valence-corrected chi connectivity index (χ2v) is 10.5. The summed E-state index contributed by atoms with van der Waals surface area (Å²) in [5, 5.41) is 2.67. The number of esters is 6. The highest BCUT2D eigenvalue weighted by atomic mass is 16.7. The molecule has 2 rings (SSSR count). The number of nitrogens with one attached hydrogen (secondary N) is 1. The molecule has 2 heterocycles. The Morgan fingerprint density at radius 1 is 0.533 bits per heavy atom. The molecule has 0 aromatic heterocycles. The van der Waals surface area contributed by atoms with Crippen molar-refractivity contribution in [1.29, 1.82) is 0 Å². The molecule has 0 spiro atoms. The van der Waals surface area contributed by atoms with Crippen LogP contribution in [0.15, 0.2) is 0 Å². The van der Waals surface area contributed by atoms with Crippen molar-refractivity contribution in [1.82, 2.24) is 5.32 Å². The van der Waals surface area contributed by atoms with Gasteiger partial charge in [0.05, 0.1) is 12.1 Å². The van der Waals surface area contributed by atoms with Crippen LogP contribution in [0.4, 0.5) is 0 Å². The lowest BCUT2D eigenvalue weighted by atomic mass is 9.87. The van der Waals surface area contributed by atoms with Crippen molar-refractivity contribution >= 4 is 41.7 Å². The van der Waals surface area contributed by atoms with Crippen LogP contribution < -0.4 is 5.32 Å². The summed E-state index contributed by atoms with van der Waals surface area (Å²) in [5.74, 6) is -4.96. The van der Waals surface area contributed by atoms with E-state index in [0.29, 0.717) is 0 Å². The van der Waals surface area contributed by atoms with E-state index in [1.165, 1.54) is 14.0 Å². The van der Waals surface area contributed by atoms with Gasteiger partial charge in [-0.25, -0.2) is 0 Å². The summed E-state index contributed by atoms with van der Waals surface area (Å²) in [4.78, 5) is 84.1. The number of carbonyl (C=O) groups excluding carboxylic acids is 7. The van der Waals surface area contributed by atoms with Gasteiger partial charge in [0.2, 0.25) is 5.91 Å². The van der Waals surface area contributed by atoms with E-state index in [4.69, 9.17) is 42.6 Å². The van der Waals surface area contributed by atoms with Gasteiger partial charge in [0.25, 0.3) is 0 Å². The fourth-order valence-corrected chi connectivity index (χ4v) is 5.28. The van der Waals surface area contributed by atoms with Gasteiger partial charge in [-0.2, -0.15) is 0 Å². The highest BCUT2D eigenvalue weighted by molar-refractivity contribution is 5.74. The monoisotopic (exact) mass is 647 g/mol. The summed E-state index contributed by atoms with van der Waals surface area (Å²) in [6.07, 6.45) is -11.0. The quantitative estimate of drug-likeness (QED) is 0.211. The van der Waals surface area contributed by atoms with E-state index in [-0.39, 0.29) is 12.8 Å². The lowest BCUT2D eigenvalue weighted by Gasteiger charge is -2.47. The molecular weight excluding hydrogens is 606 g/mol. The second kappa shape index (κ2) is 17.0. The van der Waals surface area contributed by atoms with Gasteiger partial charge in [-0.15, -0.1) is 0 Å². The summed E-state index contributed by atoms with van der Waals surface area (Å²) in [6, 6.07) is -1.09. The third-order valence-corrected chi connectivity index (χ3v) is 6.68. The molecule has 45 heavy (non-hydrogen) atoms. The van der Waals surface area contributed by atoms with Crippen LogP contribution in [0.25, 0.3) is 0 Å². The standard InChI is InChI=1S/C28H41NO16/c1-12(30)29-22-19(44-21(11-38-13(2)31)24(40-15(4)33)25(22)41-16(5)34)9-10-20-23(39-14(3)32)26(42-17(6)35)27(43-18(7)36)28(37-8)45-20/h19-28H,9-11H2,1-8H3,(H,29,30)/t19-,20+,21+,22-,23+,24-,25+,26-,27+,28-/m0/s1. The van der Waals surface area contributed by atoms with Gasteiger partial charge in [0.15, 0.2) is 36.8 Å². The summed E-state index contributed by atoms with van der Waals surface area (Å²) in [6.45, 7) is 7.61. The Hall–Kier alpha value is -3.83. The van der Waals surface area contributed by atoms with Crippen molar-refractivity contribution in [3.05, 3.63) is 0 Å². The number of methoxy groups -OCH3 is 1. The Morgan fingerprint density at radius 2 is 0.978 bits per heavy atom. The largest absolute Gasteiger partial charge is 0.463 e. The van der Waals surface area contributed by atoms with Crippen LogP contribution in [0.3, 0.4) is 0 Å². The van der Waals surface area contributed by atoms with Gasteiger partial charge in [0, 0.05) is 55.6 Å². The summed E-state index contributed by atoms with van der Waals surface area (Å²) in [7, 11) is 1.27. The minimum absolute atomic E-state index is 0.00400. The Kier molecular flexibility index (Phi) is 14.1. The molecular formula is C28H41NO16. The molecule has 1 amide bonds. The summed E-state index contributed by atoms with van der Waals surface area (Å²) >= 11 is 0. The molecule has 2 aliphatic rings. The Balaban J connectivity index is 2.51. The van der Waals surface area contributed by atoms with Crippen LogP contribution in [0, 0.1) is 0 Å². The van der Waals surface area contributed by atoms with E-state index in [1.54, 1.807) is 0 Å². The van der Waals surface area contributed by atoms with Gasteiger partial charge in [-0.1, -0.05) is 0 Å². The predicted octanol–water partition coefficient (Wildman–Crippen LogP) is -0.368. The van der Waals surface area contributed by atoms with Gasteiger partial charge >= 0.3 is 35.8 Å². The van der Waals surface area contributed by atoms with Crippen LogP contribution in [-0.4, -0.2) is 117 Å². The predicted molar refractivity (Wildman–Crippen MR) is 146 cm³/mol. The first-order valence-corrected chi connectivity index (χ1v) is 14.1. The number of ether oxygens (including phenoxy) is 9. The molecule has 2 fully saturated rings. The second-order valence-electron chi connectivity index (χ2n) is 10.5. The molecule has 0 saturated carbocycles. The molecule has 2 aliphatic heterocycles. The van der Waals surface area contributed by atoms with E-state index in [1.807, 2.05) is 0 Å². The van der Waals surface area contributed by atoms with Gasteiger partial charge in [0.1, 0.15) is 18.8 Å². The van der Waals surface area contributed by atoms with Gasteiger partial charge < -0.3 is 47.9 Å². The maximum atomic E-state index is 12.3. The Labute approximate surface area is 259 Å². The topological polar surface area (TPSA) is 215 Å². The first kappa shape index (κ1) is 37.4. The first-order chi connectivity index (χ1) is 21.0. The zero-order chi connectivity index (χ0) is 34.0. The number of hydrogen-bond donors (Lipinski definition) is 1. The van der Waals surface area contributed by atoms with Crippen molar-refractivity contribution < 1.29 is 76.2 Å². The fourth-order valence-electron chi connectivity index (χ4n) is 5.28. The molecule has 0 aliphatic carbocycles. The SMILES string of the molecule is CO[C@H]1O[C@H](CC[C@@H]2O[C@H](COC(C)=O)[C@H](OC(C)=O)[C@H](OC(C)=O)[C@H]2NC(C)=O)[C@@H](OC(C)=O)[C@H](OC(C)=O)[C@H]1OC(C)=O. The van der Waals surface area contributed by atoms with Crippen LogP contribution in [0.2, 0.25) is 0 Å². The normalized spacial score (nSPS) is 31.0. The molecule has 254 valence electrons. The van der Waals surface area contributed by atoms with Crippen molar-refractivity contribution in [2.24, 2.45) is 0 Å². The number of rotatable bonds is 12. The first-order valence-electron chi connectivity index (χ1n) is 14.1. The fraction of sp³-hybridized carbons (Fsp3) is 0.750. The molecule has 17 nitrogen and oxygen atoms in total. The zero-order valence-corrected chi connectivity index (χ0v) is 26.4. The maximum Gasteiger partial charge on any atom is 0.303 e. The Bertz CT molecular complexity index is 1110. The van der Waals surface area contributed by atoms with Crippen molar-refractivity contribution in [2.45, 2.75) is 122 Å². The summed E-state index contributed by atoms with van der Waals surface area (Å²) < 4.78 is 49.9. The molecule has 0 radical (unpaired) electrons. The minimum atomic E-state index is -1.34. The van der Waals surface area contributed by atoms with Gasteiger partial charge in [-0.05, 0) is 12.8 Å². The number of carbonyl (C=O) groups is 7. The van der Waals surface area contributed by atoms with Gasteiger partial charge in [-0.3, -0.25) is 33.6 Å². The van der Waals surface area contributed by atoms with Crippen LogP contribution >= 0.6 is 0 Å². The number of hydrogen-bond acceptors (Lipinski definition) is 16. The van der Waals surface area contributed by atoms with E-state index >= 15 is 0 Å². The third kappa shape index (κ3) is 11.2. The summed E-state index contributed by atoms with van der Waals surface area (Å²) in [5.41, 5.74) is 0. The van der Waals surface area contributed by atoms with E-state index < -0.39 is 109 Å². The lowest BCUT2D eigenvalue weighted by molar-refractivity contribution is -0.300. The molecule has 0 unspecified atom stereocenters. The highest BCUT2D eigenvalue weighted by Crippen LogP contribution is 2.34. The molecule has 1 N–H and O–H groups in total. The smallest absolute Gasteiger partial charge is 0.303 e. The third-order valence-electron chi connectivity index (χ3n) is 6.68. The number of amides is 1. The van der Waals surface area contributed by atoms with E-state index in [0.717, 1.165) is 41.5 Å². The molecule has 10 atom stereocenters. The van der Waals surface area contributed by atoms with E-state index in [2.05, 4.69) is 5.32 Å². The molecule has 17 heteroatoms. The molecule has 0 aromatic carbocycles. The molecule has 0 aromatic rings. The molecule has 0 bridgehead atoms. The minimum Gasteiger partial charge on any atom is -0.463 e. The zero-order valence-electron chi connectivity index (χ0n) is 26.4.